The molecule has 0 saturated carbocycles. The lowest BCUT2D eigenvalue weighted by molar-refractivity contribution is -0.138. The Kier molecular flexibility index (Phi) is 6.48. The zero-order valence-corrected chi connectivity index (χ0v) is 8.29. The van der Waals surface area contributed by atoms with Crippen molar-refractivity contribution in [2.24, 2.45) is 5.73 Å². The number of nitrogens with one attached hydrogen (secondary N) is 1. The molecule has 1 atom stereocenters. The van der Waals surface area contributed by atoms with Crippen LogP contribution in [0, 0.1) is 0 Å². The maximum Gasteiger partial charge on any atom is 0.321 e. The second-order valence-corrected chi connectivity index (χ2v) is 3.16. The number of carboxylic acid groups (broad SMARTS) is 1. The zero-order chi connectivity index (χ0) is 10.3. The van der Waals surface area contributed by atoms with E-state index in [1.165, 1.54) is 0 Å². The molecule has 0 bridgehead atoms. The molecule has 13 heavy (non-hydrogen) atoms. The summed E-state index contributed by atoms with van der Waals surface area (Å²) in [6.45, 7) is 2.20. The Morgan fingerprint density at radius 3 is 2.77 bits per heavy atom. The van der Waals surface area contributed by atoms with Gasteiger partial charge in [-0.1, -0.05) is 0 Å². The minimum absolute atomic E-state index is 0.402. The van der Waals surface area contributed by atoms with Crippen LogP contribution in [0.3, 0.4) is 0 Å². The van der Waals surface area contributed by atoms with E-state index in [4.69, 9.17) is 10.8 Å². The summed E-state index contributed by atoms with van der Waals surface area (Å²) in [6.07, 6.45) is 0.999. The third-order valence-electron chi connectivity index (χ3n) is 1.79. The van der Waals surface area contributed by atoms with Gasteiger partial charge in [0, 0.05) is 6.54 Å². The van der Waals surface area contributed by atoms with Crippen LogP contribution in [-0.4, -0.2) is 55.7 Å². The summed E-state index contributed by atoms with van der Waals surface area (Å²) in [5.74, 6) is -0.944. The van der Waals surface area contributed by atoms with Gasteiger partial charge in [-0.3, -0.25) is 4.79 Å². The first-order valence-electron chi connectivity index (χ1n) is 4.39. The highest BCUT2D eigenvalue weighted by Gasteiger charge is 2.13. The van der Waals surface area contributed by atoms with E-state index in [2.05, 4.69) is 5.32 Å². The van der Waals surface area contributed by atoms with Gasteiger partial charge in [0.1, 0.15) is 6.04 Å². The quantitative estimate of drug-likeness (QED) is 0.445. The predicted molar refractivity (Wildman–Crippen MR) is 51.7 cm³/mol. The highest BCUT2D eigenvalue weighted by Crippen LogP contribution is 1.89. The monoisotopic (exact) mass is 189 g/mol. The van der Waals surface area contributed by atoms with Gasteiger partial charge in [0.2, 0.25) is 0 Å². The van der Waals surface area contributed by atoms with Gasteiger partial charge in [-0.25, -0.2) is 0 Å². The number of nitrogens with two attached hydrogens (primary N) is 1. The lowest BCUT2D eigenvalue weighted by atomic mass is 10.3. The van der Waals surface area contributed by atoms with Gasteiger partial charge in [-0.2, -0.15) is 0 Å². The first-order valence-corrected chi connectivity index (χ1v) is 4.39. The van der Waals surface area contributed by atoms with Crippen molar-refractivity contribution >= 4 is 5.97 Å². The summed E-state index contributed by atoms with van der Waals surface area (Å²) < 4.78 is 0. The Hall–Kier alpha value is -0.650. The van der Waals surface area contributed by atoms with Crippen LogP contribution in [0.2, 0.25) is 0 Å². The topological polar surface area (TPSA) is 78.6 Å². The summed E-state index contributed by atoms with van der Waals surface area (Å²) >= 11 is 0. The van der Waals surface area contributed by atoms with Crippen molar-refractivity contribution < 1.29 is 9.90 Å². The van der Waals surface area contributed by atoms with Crippen molar-refractivity contribution in [2.75, 3.05) is 33.7 Å². The van der Waals surface area contributed by atoms with E-state index in [-0.39, 0.29) is 0 Å². The first kappa shape index (κ1) is 12.3. The van der Waals surface area contributed by atoms with E-state index in [1.807, 2.05) is 19.0 Å². The van der Waals surface area contributed by atoms with Crippen LogP contribution in [-0.2, 0) is 4.79 Å². The van der Waals surface area contributed by atoms with Crippen molar-refractivity contribution in [3.05, 3.63) is 0 Å². The van der Waals surface area contributed by atoms with Gasteiger partial charge >= 0.3 is 5.97 Å². The normalized spacial score (nSPS) is 13.2. The maximum atomic E-state index is 10.4. The molecule has 0 fully saturated rings. The fraction of sp³-hybridized carbons (Fsp3) is 0.875. The molecule has 0 heterocycles. The Morgan fingerprint density at radius 1 is 1.69 bits per heavy atom. The van der Waals surface area contributed by atoms with E-state index in [0.717, 1.165) is 19.5 Å². The van der Waals surface area contributed by atoms with Gasteiger partial charge in [-0.15, -0.1) is 0 Å². The number of aliphatic carboxylic acids is 1. The molecule has 1 unspecified atom stereocenters. The Balaban J connectivity index is 3.49. The SMILES string of the molecule is CNCCCN(C)CC(N)C(=O)O. The molecule has 5 heteroatoms. The molecule has 0 aliphatic heterocycles. The molecular weight excluding hydrogens is 170 g/mol. The van der Waals surface area contributed by atoms with Crippen LogP contribution in [0.25, 0.3) is 0 Å². The number of hydrogen-bond acceptors (Lipinski definition) is 4. The van der Waals surface area contributed by atoms with Crippen LogP contribution in [0.4, 0.5) is 0 Å². The Bertz CT molecular complexity index is 152. The molecule has 0 aromatic rings. The summed E-state index contributed by atoms with van der Waals surface area (Å²) in [5, 5.41) is 11.6. The Morgan fingerprint density at radius 2 is 2.31 bits per heavy atom. The number of carbonyl (C=O) groups is 1. The molecule has 0 amide bonds. The average molecular weight is 189 g/mol. The summed E-state index contributed by atoms with van der Waals surface area (Å²) in [6, 6.07) is -0.778. The highest BCUT2D eigenvalue weighted by atomic mass is 16.4. The van der Waals surface area contributed by atoms with Crippen LogP contribution in [0.1, 0.15) is 6.42 Å². The molecular formula is C8H19N3O2. The largest absolute Gasteiger partial charge is 0.480 e. The lowest BCUT2D eigenvalue weighted by Crippen LogP contribution is -2.41. The van der Waals surface area contributed by atoms with Crippen LogP contribution >= 0.6 is 0 Å². The standard InChI is InChI=1S/C8H19N3O2/c1-10-4-3-5-11(2)6-7(9)8(12)13/h7,10H,3-6,9H2,1-2H3,(H,12,13). The molecule has 0 aliphatic carbocycles. The molecule has 0 radical (unpaired) electrons. The van der Waals surface area contributed by atoms with Gasteiger partial charge in [0.15, 0.2) is 0 Å². The van der Waals surface area contributed by atoms with Crippen molar-refractivity contribution in [3.8, 4) is 0 Å². The number of carboxylic acids is 1. The van der Waals surface area contributed by atoms with Crippen molar-refractivity contribution in [3.63, 3.8) is 0 Å². The molecule has 0 aromatic heterocycles. The smallest absolute Gasteiger partial charge is 0.321 e. The van der Waals surface area contributed by atoms with E-state index >= 15 is 0 Å². The zero-order valence-electron chi connectivity index (χ0n) is 8.29. The number of rotatable bonds is 7. The molecule has 0 rings (SSSR count). The molecule has 0 saturated heterocycles. The molecule has 4 N–H and O–H groups in total. The summed E-state index contributed by atoms with van der Waals surface area (Å²) in [7, 11) is 3.77. The molecule has 5 nitrogen and oxygen atoms in total. The second kappa shape index (κ2) is 6.82. The number of nitrogens with zero attached hydrogens (tertiary/aromatic N) is 1. The minimum atomic E-state index is -0.944. The summed E-state index contributed by atoms with van der Waals surface area (Å²) in [5.41, 5.74) is 5.36. The molecule has 0 aliphatic rings. The fourth-order valence-corrected chi connectivity index (χ4v) is 1.03. The van der Waals surface area contributed by atoms with E-state index in [0.29, 0.717) is 6.54 Å². The molecule has 78 valence electrons. The van der Waals surface area contributed by atoms with Crippen LogP contribution in [0.15, 0.2) is 0 Å². The second-order valence-electron chi connectivity index (χ2n) is 3.16. The van der Waals surface area contributed by atoms with Gasteiger partial charge in [0.25, 0.3) is 0 Å². The van der Waals surface area contributed by atoms with E-state index < -0.39 is 12.0 Å². The molecule has 0 aromatic carbocycles. The minimum Gasteiger partial charge on any atom is -0.480 e. The predicted octanol–water partition coefficient (Wildman–Crippen LogP) is -1.06. The lowest BCUT2D eigenvalue weighted by Gasteiger charge is -2.18. The highest BCUT2D eigenvalue weighted by molar-refractivity contribution is 5.73. The fourth-order valence-electron chi connectivity index (χ4n) is 1.03. The third-order valence-corrected chi connectivity index (χ3v) is 1.79. The van der Waals surface area contributed by atoms with Gasteiger partial charge in [0.05, 0.1) is 0 Å². The maximum absolute atomic E-state index is 10.4. The first-order chi connectivity index (χ1) is 6.07. The third kappa shape index (κ3) is 6.51. The Labute approximate surface area is 78.9 Å². The number of likely N-dealkylation sites (N-methyl/N-ethyl adjacent to an activating group) is 1. The van der Waals surface area contributed by atoms with E-state index in [1.54, 1.807) is 0 Å². The number of hydrogen-bond donors (Lipinski definition) is 3. The summed E-state index contributed by atoms with van der Waals surface area (Å²) in [4.78, 5) is 12.3. The van der Waals surface area contributed by atoms with Crippen LogP contribution < -0.4 is 11.1 Å². The van der Waals surface area contributed by atoms with Crippen molar-refractivity contribution in [1.82, 2.24) is 10.2 Å². The van der Waals surface area contributed by atoms with Crippen molar-refractivity contribution in [2.45, 2.75) is 12.5 Å². The van der Waals surface area contributed by atoms with Crippen molar-refractivity contribution in [1.29, 1.82) is 0 Å². The van der Waals surface area contributed by atoms with Gasteiger partial charge in [-0.05, 0) is 33.6 Å². The van der Waals surface area contributed by atoms with Crippen LogP contribution in [0.5, 0.6) is 0 Å². The van der Waals surface area contributed by atoms with E-state index in [9.17, 15) is 4.79 Å². The average Bonchev–Trinajstić information content (AvgIpc) is 2.04. The van der Waals surface area contributed by atoms with Gasteiger partial charge < -0.3 is 21.1 Å². The molecule has 0 spiro atoms.